The summed E-state index contributed by atoms with van der Waals surface area (Å²) in [5.74, 6) is 0. The summed E-state index contributed by atoms with van der Waals surface area (Å²) in [5.41, 5.74) is 3.69. The zero-order chi connectivity index (χ0) is 13.8. The highest BCUT2D eigenvalue weighted by Gasteiger charge is 2.10. The first-order chi connectivity index (χ1) is 9.08. The van der Waals surface area contributed by atoms with E-state index in [0.717, 1.165) is 28.7 Å². The lowest BCUT2D eigenvalue weighted by Gasteiger charge is -2.04. The molecule has 0 amide bonds. The van der Waals surface area contributed by atoms with Gasteiger partial charge in [0, 0.05) is 17.3 Å². The Hall–Kier alpha value is -2.43. The van der Waals surface area contributed by atoms with Gasteiger partial charge in [-0.3, -0.25) is 14.8 Å². The van der Waals surface area contributed by atoms with E-state index in [0.29, 0.717) is 6.54 Å². The smallest absolute Gasteiger partial charge is 0.235 e. The summed E-state index contributed by atoms with van der Waals surface area (Å²) in [6.07, 6.45) is 2.45. The Bertz CT molecular complexity index is 615. The highest BCUT2D eigenvalue weighted by molar-refractivity contribution is 5.53. The molecule has 0 saturated carbocycles. The van der Waals surface area contributed by atoms with Crippen molar-refractivity contribution in [3.63, 3.8) is 0 Å². The second kappa shape index (κ2) is 5.48. The fraction of sp³-hybridized carbons (Fsp3) is 0.214. The molecule has 0 radical (unpaired) electrons. The summed E-state index contributed by atoms with van der Waals surface area (Å²) in [6, 6.07) is 9.99. The van der Waals surface area contributed by atoms with E-state index in [-0.39, 0.29) is 0 Å². The van der Waals surface area contributed by atoms with Gasteiger partial charge in [0.15, 0.2) is 0 Å². The number of aromatic nitrogens is 2. The number of nitro groups is 1. The van der Waals surface area contributed by atoms with Crippen LogP contribution in [0.15, 0.2) is 36.5 Å². The molecule has 2 aromatic rings. The Morgan fingerprint density at radius 3 is 2.63 bits per heavy atom. The Labute approximate surface area is 111 Å². The molecule has 0 aliphatic carbocycles. The molecule has 2 rings (SSSR count). The molecule has 5 nitrogen and oxygen atoms in total. The maximum absolute atomic E-state index is 10.4. The summed E-state index contributed by atoms with van der Waals surface area (Å²) in [6.45, 7) is 4.44. The molecule has 0 bridgehead atoms. The summed E-state index contributed by atoms with van der Waals surface area (Å²) in [7, 11) is 0. The first kappa shape index (κ1) is 13.0. The van der Waals surface area contributed by atoms with E-state index < -0.39 is 4.92 Å². The van der Waals surface area contributed by atoms with Gasteiger partial charge in [0.2, 0.25) is 6.20 Å². The molecule has 0 aliphatic rings. The standard InChI is InChI=1S/C14H15N3O2/c1-11-14(8-9-17(18)19)12(2)16(15-11)10-13-6-4-3-5-7-13/h3-9H,10H2,1-2H3. The molecular formula is C14H15N3O2. The largest absolute Gasteiger partial charge is 0.265 e. The lowest BCUT2D eigenvalue weighted by atomic mass is 10.2. The van der Waals surface area contributed by atoms with Gasteiger partial charge in [-0.2, -0.15) is 5.10 Å². The number of aryl methyl sites for hydroxylation is 1. The summed E-state index contributed by atoms with van der Waals surface area (Å²) >= 11 is 0. The maximum Gasteiger partial charge on any atom is 0.235 e. The van der Waals surface area contributed by atoms with Crippen LogP contribution in [-0.2, 0) is 6.54 Å². The maximum atomic E-state index is 10.4. The van der Waals surface area contributed by atoms with Crippen molar-refractivity contribution in [1.82, 2.24) is 9.78 Å². The van der Waals surface area contributed by atoms with Crippen molar-refractivity contribution in [2.45, 2.75) is 20.4 Å². The quantitative estimate of drug-likeness (QED) is 0.625. The van der Waals surface area contributed by atoms with Gasteiger partial charge in [-0.25, -0.2) is 0 Å². The normalized spacial score (nSPS) is 11.1. The molecule has 1 aromatic heterocycles. The van der Waals surface area contributed by atoms with Crippen LogP contribution in [0.5, 0.6) is 0 Å². The predicted octanol–water partition coefficient (Wildman–Crippen LogP) is 2.80. The van der Waals surface area contributed by atoms with E-state index >= 15 is 0 Å². The molecule has 1 heterocycles. The molecule has 0 atom stereocenters. The van der Waals surface area contributed by atoms with Crippen molar-refractivity contribution in [2.75, 3.05) is 0 Å². The molecule has 0 aliphatic heterocycles. The number of benzene rings is 1. The van der Waals surface area contributed by atoms with Crippen molar-refractivity contribution in [3.8, 4) is 0 Å². The summed E-state index contributed by atoms with van der Waals surface area (Å²) < 4.78 is 1.87. The van der Waals surface area contributed by atoms with E-state index in [1.54, 1.807) is 0 Å². The van der Waals surface area contributed by atoms with Crippen LogP contribution in [0.2, 0.25) is 0 Å². The molecule has 0 saturated heterocycles. The average molecular weight is 257 g/mol. The number of hydrogen-bond acceptors (Lipinski definition) is 3. The minimum absolute atomic E-state index is 0.465. The third kappa shape index (κ3) is 3.07. The fourth-order valence-corrected chi connectivity index (χ4v) is 2.00. The van der Waals surface area contributed by atoms with Crippen LogP contribution in [0.3, 0.4) is 0 Å². The van der Waals surface area contributed by atoms with E-state index in [1.165, 1.54) is 6.08 Å². The lowest BCUT2D eigenvalue weighted by Crippen LogP contribution is -2.03. The van der Waals surface area contributed by atoms with E-state index in [1.807, 2.05) is 48.9 Å². The molecule has 0 spiro atoms. The van der Waals surface area contributed by atoms with Crippen molar-refractivity contribution >= 4 is 6.08 Å². The van der Waals surface area contributed by atoms with Crippen LogP contribution < -0.4 is 0 Å². The number of hydrogen-bond donors (Lipinski definition) is 0. The minimum Gasteiger partial charge on any atom is -0.265 e. The highest BCUT2D eigenvalue weighted by Crippen LogP contribution is 2.16. The third-order valence-electron chi connectivity index (χ3n) is 2.98. The third-order valence-corrected chi connectivity index (χ3v) is 2.98. The average Bonchev–Trinajstić information content (AvgIpc) is 2.63. The molecule has 1 aromatic carbocycles. The van der Waals surface area contributed by atoms with Crippen LogP contribution in [0.1, 0.15) is 22.5 Å². The van der Waals surface area contributed by atoms with Gasteiger partial charge in [0.25, 0.3) is 0 Å². The molecule has 5 heteroatoms. The molecule has 0 unspecified atom stereocenters. The molecular weight excluding hydrogens is 242 g/mol. The van der Waals surface area contributed by atoms with Gasteiger partial charge in [-0.15, -0.1) is 0 Å². The zero-order valence-electron chi connectivity index (χ0n) is 10.9. The van der Waals surface area contributed by atoms with Gasteiger partial charge in [-0.1, -0.05) is 30.3 Å². The van der Waals surface area contributed by atoms with Gasteiger partial charge in [-0.05, 0) is 19.4 Å². The zero-order valence-corrected chi connectivity index (χ0v) is 10.9. The Morgan fingerprint density at radius 2 is 2.00 bits per heavy atom. The Balaban J connectivity index is 2.29. The van der Waals surface area contributed by atoms with Crippen LogP contribution in [0, 0.1) is 24.0 Å². The van der Waals surface area contributed by atoms with E-state index in [2.05, 4.69) is 5.10 Å². The highest BCUT2D eigenvalue weighted by atomic mass is 16.6. The second-order valence-electron chi connectivity index (χ2n) is 4.33. The van der Waals surface area contributed by atoms with Crippen molar-refractivity contribution in [3.05, 3.63) is 69.2 Å². The SMILES string of the molecule is Cc1nn(Cc2ccccc2)c(C)c1C=C[N+](=O)[O-]. The Morgan fingerprint density at radius 1 is 1.32 bits per heavy atom. The van der Waals surface area contributed by atoms with Gasteiger partial charge >= 0.3 is 0 Å². The van der Waals surface area contributed by atoms with Crippen LogP contribution >= 0.6 is 0 Å². The first-order valence-electron chi connectivity index (χ1n) is 5.97. The van der Waals surface area contributed by atoms with E-state index in [9.17, 15) is 10.1 Å². The molecule has 19 heavy (non-hydrogen) atoms. The molecule has 0 fully saturated rings. The van der Waals surface area contributed by atoms with Crippen LogP contribution in [-0.4, -0.2) is 14.7 Å². The minimum atomic E-state index is -0.465. The number of nitrogens with zero attached hydrogens (tertiary/aromatic N) is 3. The van der Waals surface area contributed by atoms with Gasteiger partial charge < -0.3 is 0 Å². The van der Waals surface area contributed by atoms with Crippen molar-refractivity contribution in [1.29, 1.82) is 0 Å². The number of rotatable bonds is 4. The van der Waals surface area contributed by atoms with Crippen LogP contribution in [0.4, 0.5) is 0 Å². The first-order valence-corrected chi connectivity index (χ1v) is 5.97. The fourth-order valence-electron chi connectivity index (χ4n) is 2.00. The van der Waals surface area contributed by atoms with Crippen molar-refractivity contribution < 1.29 is 4.92 Å². The van der Waals surface area contributed by atoms with E-state index in [4.69, 9.17) is 0 Å². The van der Waals surface area contributed by atoms with Crippen molar-refractivity contribution in [2.24, 2.45) is 0 Å². The molecule has 0 N–H and O–H groups in total. The molecule has 98 valence electrons. The van der Waals surface area contributed by atoms with Gasteiger partial charge in [0.1, 0.15) is 0 Å². The topological polar surface area (TPSA) is 61.0 Å². The van der Waals surface area contributed by atoms with Gasteiger partial charge in [0.05, 0.1) is 17.2 Å². The predicted molar refractivity (Wildman–Crippen MR) is 73.3 cm³/mol. The van der Waals surface area contributed by atoms with Crippen LogP contribution in [0.25, 0.3) is 6.08 Å². The monoisotopic (exact) mass is 257 g/mol. The summed E-state index contributed by atoms with van der Waals surface area (Å²) in [5, 5.41) is 14.8. The lowest BCUT2D eigenvalue weighted by molar-refractivity contribution is -0.400. The summed E-state index contributed by atoms with van der Waals surface area (Å²) in [4.78, 5) is 9.92. The second-order valence-corrected chi connectivity index (χ2v) is 4.33. The Kier molecular flexibility index (Phi) is 3.75.